The third kappa shape index (κ3) is 41.8. The van der Waals surface area contributed by atoms with Gasteiger partial charge in [-0.05, 0) is 18.8 Å². The molecular weight excluding hydrogens is 675 g/mol. The van der Waals surface area contributed by atoms with Crippen LogP contribution in [0, 0.1) is 5.92 Å². The zero-order valence-corrected chi connectivity index (χ0v) is 35.3. The van der Waals surface area contributed by atoms with Gasteiger partial charge in [-0.15, -0.1) is 0 Å². The maximum atomic E-state index is 12.4. The van der Waals surface area contributed by atoms with Crippen molar-refractivity contribution in [2.24, 2.45) is 5.92 Å². The van der Waals surface area contributed by atoms with E-state index < -0.39 is 32.5 Å². The van der Waals surface area contributed by atoms with Crippen molar-refractivity contribution < 1.29 is 37.9 Å². The van der Waals surface area contributed by atoms with Crippen LogP contribution in [0.5, 0.6) is 0 Å². The van der Waals surface area contributed by atoms with Crippen LogP contribution in [-0.2, 0) is 28.2 Å². The fourth-order valence-corrected chi connectivity index (χ4v) is 7.10. The lowest BCUT2D eigenvalue weighted by atomic mass is 10.0. The molecule has 1 atom stereocenters. The molecule has 0 rings (SSSR count). The Morgan fingerprint density at radius 1 is 0.481 bits per heavy atom. The standard InChI is InChI=1S/C43H85O8P/c1-4-5-6-7-8-9-10-11-12-13-14-18-21-24-27-30-33-36-42(44)49-38-41(39-50-52(46,47)48)51-43(45)37-34-31-28-25-22-19-16-15-17-20-23-26-29-32-35-40(2)3/h40-41H,4-39H2,1-3H3,(H2,46,47,48)/t41-/m1/s1. The van der Waals surface area contributed by atoms with Crippen molar-refractivity contribution >= 4 is 19.8 Å². The summed E-state index contributed by atoms with van der Waals surface area (Å²) in [6, 6.07) is 0. The highest BCUT2D eigenvalue weighted by Gasteiger charge is 2.23. The second-order valence-corrected chi connectivity index (χ2v) is 17.1. The van der Waals surface area contributed by atoms with Gasteiger partial charge in [-0.1, -0.05) is 213 Å². The van der Waals surface area contributed by atoms with Crippen LogP contribution < -0.4 is 0 Å². The summed E-state index contributed by atoms with van der Waals surface area (Å²) in [6.45, 7) is 6.07. The second-order valence-electron chi connectivity index (χ2n) is 15.9. The number of esters is 2. The van der Waals surface area contributed by atoms with Crippen LogP contribution in [0.15, 0.2) is 0 Å². The SMILES string of the molecule is CCCCCCCCCCCCCCCCCCCC(=O)OC[C@H](COP(=O)(O)O)OC(=O)CCCCCCCCCCCCCCCCC(C)C. The van der Waals surface area contributed by atoms with Gasteiger partial charge in [-0.3, -0.25) is 14.1 Å². The highest BCUT2D eigenvalue weighted by atomic mass is 31.2. The molecule has 0 unspecified atom stereocenters. The third-order valence-corrected chi connectivity index (χ3v) is 10.5. The van der Waals surface area contributed by atoms with Gasteiger partial charge in [-0.25, -0.2) is 4.57 Å². The Labute approximate surface area is 321 Å². The van der Waals surface area contributed by atoms with Crippen LogP contribution in [0.25, 0.3) is 0 Å². The number of carbonyl (C=O) groups excluding carboxylic acids is 2. The van der Waals surface area contributed by atoms with E-state index in [0.29, 0.717) is 6.42 Å². The fourth-order valence-electron chi connectivity index (χ4n) is 6.74. The minimum atomic E-state index is -4.75. The minimum Gasteiger partial charge on any atom is -0.462 e. The number of phosphoric acid groups is 1. The Kier molecular flexibility index (Phi) is 37.6. The predicted molar refractivity (Wildman–Crippen MR) is 216 cm³/mol. The maximum Gasteiger partial charge on any atom is 0.469 e. The lowest BCUT2D eigenvalue weighted by molar-refractivity contribution is -0.161. The molecule has 0 aliphatic carbocycles. The molecule has 8 nitrogen and oxygen atoms in total. The van der Waals surface area contributed by atoms with Gasteiger partial charge in [0, 0.05) is 12.8 Å². The number of ether oxygens (including phenoxy) is 2. The number of hydrogen-bond donors (Lipinski definition) is 2. The molecule has 0 aromatic carbocycles. The topological polar surface area (TPSA) is 119 Å². The molecule has 0 amide bonds. The molecule has 0 aromatic heterocycles. The second kappa shape index (κ2) is 38.3. The predicted octanol–water partition coefficient (Wildman–Crippen LogP) is 13.5. The van der Waals surface area contributed by atoms with E-state index in [1.165, 1.54) is 167 Å². The summed E-state index contributed by atoms with van der Waals surface area (Å²) in [6.07, 6.45) is 39.7. The monoisotopic (exact) mass is 761 g/mol. The van der Waals surface area contributed by atoms with E-state index in [4.69, 9.17) is 19.3 Å². The molecule has 0 aliphatic heterocycles. The third-order valence-electron chi connectivity index (χ3n) is 10.1. The summed E-state index contributed by atoms with van der Waals surface area (Å²) in [7, 11) is -4.75. The Hall–Kier alpha value is -0.950. The Balaban J connectivity index is 3.84. The Morgan fingerprint density at radius 3 is 1.15 bits per heavy atom. The van der Waals surface area contributed by atoms with E-state index in [-0.39, 0.29) is 19.4 Å². The van der Waals surface area contributed by atoms with Crippen LogP contribution in [0.4, 0.5) is 0 Å². The van der Waals surface area contributed by atoms with Crippen molar-refractivity contribution in [3.8, 4) is 0 Å². The summed E-state index contributed by atoms with van der Waals surface area (Å²) in [4.78, 5) is 42.9. The van der Waals surface area contributed by atoms with E-state index in [1.807, 2.05) is 0 Å². The first-order valence-electron chi connectivity index (χ1n) is 22.2. The molecule has 0 saturated heterocycles. The van der Waals surface area contributed by atoms with E-state index in [9.17, 15) is 14.2 Å². The van der Waals surface area contributed by atoms with Crippen LogP contribution >= 0.6 is 7.82 Å². The minimum absolute atomic E-state index is 0.219. The summed E-state index contributed by atoms with van der Waals surface area (Å²) >= 11 is 0. The Morgan fingerprint density at radius 2 is 0.808 bits per heavy atom. The van der Waals surface area contributed by atoms with Crippen LogP contribution in [0.3, 0.4) is 0 Å². The number of phosphoric ester groups is 1. The number of carbonyl (C=O) groups is 2. The molecule has 0 bridgehead atoms. The molecule has 0 aliphatic rings. The molecular formula is C43H85O8P. The van der Waals surface area contributed by atoms with E-state index in [1.54, 1.807) is 0 Å². The normalized spacial score (nSPS) is 12.4. The molecule has 0 heterocycles. The number of unbranched alkanes of at least 4 members (excludes halogenated alkanes) is 29. The van der Waals surface area contributed by atoms with Gasteiger partial charge in [0.05, 0.1) is 6.61 Å². The van der Waals surface area contributed by atoms with Crippen molar-refractivity contribution in [1.29, 1.82) is 0 Å². The van der Waals surface area contributed by atoms with Crippen molar-refractivity contribution in [2.45, 2.75) is 245 Å². The average Bonchev–Trinajstić information content (AvgIpc) is 3.10. The van der Waals surface area contributed by atoms with Crippen LogP contribution in [-0.4, -0.2) is 41.0 Å². The Bertz CT molecular complexity index is 830. The molecule has 0 fully saturated rings. The fraction of sp³-hybridized carbons (Fsp3) is 0.953. The van der Waals surface area contributed by atoms with Gasteiger partial charge in [0.25, 0.3) is 0 Å². The van der Waals surface area contributed by atoms with Crippen LogP contribution in [0.1, 0.15) is 239 Å². The molecule has 2 N–H and O–H groups in total. The van der Waals surface area contributed by atoms with Gasteiger partial charge in [-0.2, -0.15) is 0 Å². The summed E-state index contributed by atoms with van der Waals surface area (Å²) in [5, 5.41) is 0. The van der Waals surface area contributed by atoms with Gasteiger partial charge in [0.2, 0.25) is 0 Å². The van der Waals surface area contributed by atoms with Crippen molar-refractivity contribution in [1.82, 2.24) is 0 Å². The van der Waals surface area contributed by atoms with Gasteiger partial charge < -0.3 is 19.3 Å². The maximum absolute atomic E-state index is 12.4. The summed E-state index contributed by atoms with van der Waals surface area (Å²) in [5.74, 6) is -0.0359. The first-order chi connectivity index (χ1) is 25.1. The lowest BCUT2D eigenvalue weighted by Crippen LogP contribution is -2.29. The number of rotatable bonds is 41. The molecule has 0 spiro atoms. The smallest absolute Gasteiger partial charge is 0.462 e. The van der Waals surface area contributed by atoms with E-state index in [2.05, 4.69) is 25.3 Å². The van der Waals surface area contributed by atoms with Gasteiger partial charge >= 0.3 is 19.8 Å². The zero-order valence-electron chi connectivity index (χ0n) is 34.4. The molecule has 310 valence electrons. The first kappa shape index (κ1) is 51.0. The first-order valence-corrected chi connectivity index (χ1v) is 23.7. The molecule has 0 radical (unpaired) electrons. The number of hydrogen-bond acceptors (Lipinski definition) is 6. The van der Waals surface area contributed by atoms with Gasteiger partial charge in [0.1, 0.15) is 6.61 Å². The molecule has 0 saturated carbocycles. The summed E-state index contributed by atoms with van der Waals surface area (Å²) in [5.41, 5.74) is 0. The molecule has 52 heavy (non-hydrogen) atoms. The quantitative estimate of drug-likeness (QED) is 0.0359. The average molecular weight is 761 g/mol. The van der Waals surface area contributed by atoms with Crippen molar-refractivity contribution in [3.63, 3.8) is 0 Å². The highest BCUT2D eigenvalue weighted by Crippen LogP contribution is 2.36. The summed E-state index contributed by atoms with van der Waals surface area (Å²) < 4.78 is 26.4. The largest absolute Gasteiger partial charge is 0.469 e. The van der Waals surface area contributed by atoms with Crippen molar-refractivity contribution in [3.05, 3.63) is 0 Å². The van der Waals surface area contributed by atoms with Crippen molar-refractivity contribution in [2.75, 3.05) is 13.2 Å². The van der Waals surface area contributed by atoms with E-state index >= 15 is 0 Å². The van der Waals surface area contributed by atoms with E-state index in [0.717, 1.165) is 38.0 Å². The lowest BCUT2D eigenvalue weighted by Gasteiger charge is -2.18. The zero-order chi connectivity index (χ0) is 38.4. The molecule has 9 heteroatoms. The molecule has 0 aromatic rings. The van der Waals surface area contributed by atoms with Gasteiger partial charge in [0.15, 0.2) is 6.10 Å². The van der Waals surface area contributed by atoms with Crippen LogP contribution in [0.2, 0.25) is 0 Å². The highest BCUT2D eigenvalue weighted by molar-refractivity contribution is 7.46.